The fourth-order valence-corrected chi connectivity index (χ4v) is 3.48. The van der Waals surface area contributed by atoms with Gasteiger partial charge in [0.15, 0.2) is 0 Å². The van der Waals surface area contributed by atoms with Crippen LogP contribution in [-0.2, 0) is 16.6 Å². The number of hydrogen-bond acceptors (Lipinski definition) is 5. The highest BCUT2D eigenvalue weighted by Crippen LogP contribution is 2.16. The van der Waals surface area contributed by atoms with Gasteiger partial charge in [0.25, 0.3) is 5.91 Å². The Hall–Kier alpha value is -2.49. The third-order valence-electron chi connectivity index (χ3n) is 3.41. The lowest BCUT2D eigenvalue weighted by Crippen LogP contribution is -2.23. The first-order chi connectivity index (χ1) is 12.4. The number of carbonyl (C=O) groups is 1. The number of nitrogens with zero attached hydrogens (tertiary/aromatic N) is 1. The SMILES string of the molecule is O=C(Nc1ccc(S(=O)(=O)NCc2ccco2)cc1)c1cncc(Br)c1. The predicted molar refractivity (Wildman–Crippen MR) is 99.1 cm³/mol. The molecule has 1 amide bonds. The number of sulfonamides is 1. The zero-order chi connectivity index (χ0) is 18.6. The molecule has 0 aliphatic carbocycles. The van der Waals surface area contributed by atoms with Crippen LogP contribution in [0.15, 0.2) is 74.9 Å². The molecule has 0 saturated carbocycles. The molecule has 0 bridgehead atoms. The van der Waals surface area contributed by atoms with Crippen LogP contribution in [0.1, 0.15) is 16.1 Å². The van der Waals surface area contributed by atoms with Gasteiger partial charge in [-0.25, -0.2) is 13.1 Å². The third-order valence-corrected chi connectivity index (χ3v) is 5.26. The molecule has 0 unspecified atom stereocenters. The Kier molecular flexibility index (Phi) is 5.50. The zero-order valence-corrected chi connectivity index (χ0v) is 15.7. The van der Waals surface area contributed by atoms with E-state index >= 15 is 0 Å². The Labute approximate surface area is 158 Å². The van der Waals surface area contributed by atoms with Gasteiger partial charge in [-0.3, -0.25) is 9.78 Å². The molecule has 2 N–H and O–H groups in total. The summed E-state index contributed by atoms with van der Waals surface area (Å²) in [6, 6.07) is 10.9. The monoisotopic (exact) mass is 435 g/mol. The normalized spacial score (nSPS) is 11.3. The minimum absolute atomic E-state index is 0.0592. The van der Waals surface area contributed by atoms with Crippen molar-refractivity contribution < 1.29 is 17.6 Å². The lowest BCUT2D eigenvalue weighted by molar-refractivity contribution is 0.102. The summed E-state index contributed by atoms with van der Waals surface area (Å²) in [6.07, 6.45) is 4.49. The van der Waals surface area contributed by atoms with Gasteiger partial charge in [0.2, 0.25) is 10.0 Å². The molecular formula is C17H14BrN3O4S. The summed E-state index contributed by atoms with van der Waals surface area (Å²) in [5.74, 6) is 0.172. The van der Waals surface area contributed by atoms with Crippen molar-refractivity contribution in [2.45, 2.75) is 11.4 Å². The summed E-state index contributed by atoms with van der Waals surface area (Å²) < 4.78 is 32.8. The predicted octanol–water partition coefficient (Wildman–Crippen LogP) is 3.17. The van der Waals surface area contributed by atoms with Gasteiger partial charge in [0.05, 0.1) is 23.3 Å². The standard InChI is InChI=1S/C17H14BrN3O4S/c18-13-8-12(9-19-10-13)17(22)21-14-3-5-16(6-4-14)26(23,24)20-11-15-2-1-7-25-15/h1-10,20H,11H2,(H,21,22). The van der Waals surface area contributed by atoms with Crippen molar-refractivity contribution in [1.29, 1.82) is 0 Å². The highest BCUT2D eigenvalue weighted by Gasteiger charge is 2.15. The zero-order valence-electron chi connectivity index (χ0n) is 13.3. The first-order valence-corrected chi connectivity index (χ1v) is 9.76. The molecule has 0 saturated heterocycles. The first kappa shape index (κ1) is 18.3. The molecule has 134 valence electrons. The summed E-state index contributed by atoms with van der Waals surface area (Å²) in [5.41, 5.74) is 0.858. The Bertz CT molecular complexity index is 1000. The second kappa shape index (κ2) is 7.81. The Balaban J connectivity index is 1.66. The van der Waals surface area contributed by atoms with Crippen molar-refractivity contribution in [2.75, 3.05) is 5.32 Å². The Morgan fingerprint density at radius 3 is 2.58 bits per heavy atom. The van der Waals surface area contributed by atoms with Crippen LogP contribution < -0.4 is 10.0 Å². The number of pyridine rings is 1. The molecule has 26 heavy (non-hydrogen) atoms. The van der Waals surface area contributed by atoms with E-state index in [4.69, 9.17) is 4.42 Å². The number of hydrogen-bond donors (Lipinski definition) is 2. The lowest BCUT2D eigenvalue weighted by Gasteiger charge is -2.08. The number of halogens is 1. The number of benzene rings is 1. The minimum atomic E-state index is -3.68. The van der Waals surface area contributed by atoms with E-state index in [0.29, 0.717) is 21.5 Å². The fourth-order valence-electron chi connectivity index (χ4n) is 2.12. The van der Waals surface area contributed by atoms with Gasteiger partial charge >= 0.3 is 0 Å². The average molecular weight is 436 g/mol. The van der Waals surface area contributed by atoms with Crippen LogP contribution in [0.5, 0.6) is 0 Å². The molecule has 0 radical (unpaired) electrons. The maximum atomic E-state index is 12.3. The van der Waals surface area contributed by atoms with E-state index in [1.54, 1.807) is 24.4 Å². The van der Waals surface area contributed by atoms with Crippen molar-refractivity contribution in [3.8, 4) is 0 Å². The summed E-state index contributed by atoms with van der Waals surface area (Å²) in [7, 11) is -3.68. The largest absolute Gasteiger partial charge is 0.468 e. The van der Waals surface area contributed by atoms with E-state index in [0.717, 1.165) is 0 Å². The van der Waals surface area contributed by atoms with Gasteiger partial charge in [-0.2, -0.15) is 0 Å². The smallest absolute Gasteiger partial charge is 0.257 e. The van der Waals surface area contributed by atoms with E-state index in [2.05, 4.69) is 31.0 Å². The maximum absolute atomic E-state index is 12.3. The molecule has 0 aliphatic rings. The Morgan fingerprint density at radius 1 is 1.15 bits per heavy atom. The van der Waals surface area contributed by atoms with Crippen LogP contribution in [0.3, 0.4) is 0 Å². The van der Waals surface area contributed by atoms with E-state index in [1.807, 2.05) is 0 Å². The van der Waals surface area contributed by atoms with Crippen LogP contribution in [0.25, 0.3) is 0 Å². The molecule has 0 atom stereocenters. The molecule has 1 aromatic carbocycles. The molecule has 7 nitrogen and oxygen atoms in total. The molecule has 0 spiro atoms. The molecule has 2 aromatic heterocycles. The first-order valence-electron chi connectivity index (χ1n) is 7.48. The second-order valence-electron chi connectivity index (χ2n) is 5.27. The molecule has 9 heteroatoms. The molecular weight excluding hydrogens is 422 g/mol. The number of furan rings is 1. The number of amides is 1. The highest BCUT2D eigenvalue weighted by molar-refractivity contribution is 9.10. The minimum Gasteiger partial charge on any atom is -0.468 e. The van der Waals surface area contributed by atoms with Gasteiger partial charge in [-0.05, 0) is 58.4 Å². The third kappa shape index (κ3) is 4.57. The molecule has 2 heterocycles. The number of carbonyl (C=O) groups excluding carboxylic acids is 1. The molecule has 3 aromatic rings. The molecule has 0 fully saturated rings. The number of anilines is 1. The van der Waals surface area contributed by atoms with Crippen LogP contribution in [0.4, 0.5) is 5.69 Å². The van der Waals surface area contributed by atoms with Crippen molar-refractivity contribution in [2.24, 2.45) is 0 Å². The van der Waals surface area contributed by atoms with Crippen molar-refractivity contribution >= 4 is 37.5 Å². The average Bonchev–Trinajstić information content (AvgIpc) is 3.14. The quantitative estimate of drug-likeness (QED) is 0.618. The van der Waals surface area contributed by atoms with E-state index in [-0.39, 0.29) is 17.3 Å². The van der Waals surface area contributed by atoms with Crippen molar-refractivity contribution in [1.82, 2.24) is 9.71 Å². The molecule has 0 aliphatic heterocycles. The summed E-state index contributed by atoms with van der Waals surface area (Å²) in [5, 5.41) is 2.69. The van der Waals surface area contributed by atoms with Crippen molar-refractivity contribution in [3.05, 3.63) is 76.9 Å². The van der Waals surface area contributed by atoms with E-state index in [9.17, 15) is 13.2 Å². The second-order valence-corrected chi connectivity index (χ2v) is 7.96. The number of nitrogens with one attached hydrogen (secondary N) is 2. The summed E-state index contributed by atoms with van der Waals surface area (Å²) in [6.45, 7) is 0.0592. The van der Waals surface area contributed by atoms with Crippen LogP contribution in [-0.4, -0.2) is 19.3 Å². The van der Waals surface area contributed by atoms with Crippen LogP contribution >= 0.6 is 15.9 Å². The van der Waals surface area contributed by atoms with E-state index in [1.165, 1.54) is 36.7 Å². The maximum Gasteiger partial charge on any atom is 0.257 e. The van der Waals surface area contributed by atoms with Gasteiger partial charge in [0, 0.05) is 22.6 Å². The number of rotatable bonds is 6. The highest BCUT2D eigenvalue weighted by atomic mass is 79.9. The summed E-state index contributed by atoms with van der Waals surface area (Å²) in [4.78, 5) is 16.2. The Morgan fingerprint density at radius 2 is 1.92 bits per heavy atom. The van der Waals surface area contributed by atoms with Crippen LogP contribution in [0.2, 0.25) is 0 Å². The van der Waals surface area contributed by atoms with Gasteiger partial charge < -0.3 is 9.73 Å². The van der Waals surface area contributed by atoms with Crippen molar-refractivity contribution in [3.63, 3.8) is 0 Å². The van der Waals surface area contributed by atoms with Gasteiger partial charge in [-0.15, -0.1) is 0 Å². The molecule has 3 rings (SSSR count). The topological polar surface area (TPSA) is 101 Å². The van der Waals surface area contributed by atoms with Crippen LogP contribution in [0, 0.1) is 0 Å². The van der Waals surface area contributed by atoms with E-state index < -0.39 is 10.0 Å². The van der Waals surface area contributed by atoms with Gasteiger partial charge in [0.1, 0.15) is 5.76 Å². The van der Waals surface area contributed by atoms with Gasteiger partial charge in [-0.1, -0.05) is 0 Å². The fraction of sp³-hybridized carbons (Fsp3) is 0.0588. The summed E-state index contributed by atoms with van der Waals surface area (Å²) >= 11 is 3.25. The lowest BCUT2D eigenvalue weighted by atomic mass is 10.2. The number of aromatic nitrogens is 1.